The van der Waals surface area contributed by atoms with Gasteiger partial charge in [-0.05, 0) is 25.0 Å². The Morgan fingerprint density at radius 2 is 1.97 bits per heavy atom. The van der Waals surface area contributed by atoms with E-state index in [0.29, 0.717) is 30.8 Å². The molecule has 1 saturated carbocycles. The second-order valence-electron chi connectivity index (χ2n) is 8.25. The van der Waals surface area contributed by atoms with E-state index < -0.39 is 0 Å². The van der Waals surface area contributed by atoms with E-state index in [9.17, 15) is 4.79 Å². The van der Waals surface area contributed by atoms with Crippen molar-refractivity contribution in [2.45, 2.75) is 31.7 Å². The number of hydrogen-bond donors (Lipinski definition) is 1. The predicted octanol–water partition coefficient (Wildman–Crippen LogP) is 1.08. The minimum Gasteiger partial charge on any atom is -0.378 e. The summed E-state index contributed by atoms with van der Waals surface area (Å²) in [4.78, 5) is 30.5. The molecule has 4 heterocycles. The first-order valence-electron chi connectivity index (χ1n) is 11.2. The molecule has 33 heavy (non-hydrogen) atoms. The van der Waals surface area contributed by atoms with Crippen LogP contribution in [0.3, 0.4) is 0 Å². The number of morpholine rings is 1. The summed E-state index contributed by atoms with van der Waals surface area (Å²) in [5, 5.41) is 8.98. The van der Waals surface area contributed by atoms with E-state index in [4.69, 9.17) is 14.5 Å². The Morgan fingerprint density at radius 3 is 2.67 bits per heavy atom. The number of aromatic nitrogens is 5. The molecule has 11 nitrogen and oxygen atoms in total. The number of nitrogens with two attached hydrogens (primary N) is 1. The maximum absolute atomic E-state index is 13.2. The smallest absolute Gasteiger partial charge is 0.257 e. The van der Waals surface area contributed by atoms with Gasteiger partial charge in [0.05, 0.1) is 30.7 Å². The van der Waals surface area contributed by atoms with E-state index in [1.165, 1.54) is 12.8 Å². The molecule has 0 radical (unpaired) electrons. The number of pyridine rings is 1. The number of nitrogens with zero attached hydrogens (tertiary/aromatic N) is 7. The zero-order valence-corrected chi connectivity index (χ0v) is 19.1. The normalized spacial score (nSPS) is 16.5. The lowest BCUT2D eigenvalue weighted by molar-refractivity contribution is -0.106. The second-order valence-corrected chi connectivity index (χ2v) is 8.25. The van der Waals surface area contributed by atoms with Gasteiger partial charge in [0.15, 0.2) is 5.65 Å². The van der Waals surface area contributed by atoms with Crippen molar-refractivity contribution in [3.63, 3.8) is 0 Å². The maximum Gasteiger partial charge on any atom is 0.257 e. The third-order valence-corrected chi connectivity index (χ3v) is 6.26. The van der Waals surface area contributed by atoms with Gasteiger partial charge in [-0.3, -0.25) is 14.3 Å². The summed E-state index contributed by atoms with van der Waals surface area (Å²) in [7, 11) is 3.78. The van der Waals surface area contributed by atoms with Gasteiger partial charge in [-0.25, -0.2) is 4.52 Å². The highest BCUT2D eigenvalue weighted by Gasteiger charge is 2.28. The van der Waals surface area contributed by atoms with Gasteiger partial charge < -0.3 is 20.3 Å². The van der Waals surface area contributed by atoms with Crippen LogP contribution in [-0.4, -0.2) is 81.0 Å². The fraction of sp³-hybridized carbons (Fsp3) is 0.500. The Morgan fingerprint density at radius 1 is 1.27 bits per heavy atom. The molecule has 1 saturated heterocycles. The van der Waals surface area contributed by atoms with Crippen molar-refractivity contribution in [3.05, 3.63) is 30.1 Å². The van der Waals surface area contributed by atoms with Crippen LogP contribution >= 0.6 is 0 Å². The molecule has 2 fully saturated rings. The van der Waals surface area contributed by atoms with Gasteiger partial charge in [0.1, 0.15) is 0 Å². The number of carbonyl (C=O) groups is 2. The maximum atomic E-state index is 13.2. The van der Waals surface area contributed by atoms with Crippen LogP contribution < -0.4 is 10.6 Å². The van der Waals surface area contributed by atoms with Crippen molar-refractivity contribution in [3.8, 4) is 11.3 Å². The molecule has 0 bridgehead atoms. The molecule has 0 aromatic carbocycles. The fourth-order valence-corrected chi connectivity index (χ4v) is 4.50. The van der Waals surface area contributed by atoms with Gasteiger partial charge in [-0.15, -0.1) is 5.10 Å². The molecule has 1 aliphatic carbocycles. The van der Waals surface area contributed by atoms with E-state index in [1.54, 1.807) is 15.4 Å². The number of fused-ring (bicyclic) bond motifs is 1. The van der Waals surface area contributed by atoms with Gasteiger partial charge in [0.25, 0.3) is 5.91 Å². The first kappa shape index (κ1) is 22.7. The summed E-state index contributed by atoms with van der Waals surface area (Å²) in [5.41, 5.74) is 7.26. The molecule has 3 aromatic heterocycles. The van der Waals surface area contributed by atoms with E-state index in [-0.39, 0.29) is 12.3 Å². The van der Waals surface area contributed by atoms with Crippen molar-refractivity contribution in [2.24, 2.45) is 12.8 Å². The van der Waals surface area contributed by atoms with Gasteiger partial charge in [0.2, 0.25) is 12.4 Å². The highest BCUT2D eigenvalue weighted by Crippen LogP contribution is 2.28. The Balaban J connectivity index is 0.000000821. The van der Waals surface area contributed by atoms with Crippen LogP contribution in [0.2, 0.25) is 0 Å². The van der Waals surface area contributed by atoms with Crippen LogP contribution in [0.1, 0.15) is 36.0 Å². The zero-order valence-electron chi connectivity index (χ0n) is 19.1. The number of anilines is 1. The lowest BCUT2D eigenvalue weighted by atomic mass is 10.1. The largest absolute Gasteiger partial charge is 0.378 e. The summed E-state index contributed by atoms with van der Waals surface area (Å²) in [6, 6.07) is 4.26. The summed E-state index contributed by atoms with van der Waals surface area (Å²) < 4.78 is 8.96. The standard InChI is InChI=1S/C21H27N7O2.CH3NO/c1-25(16-5-3-4-6-16)20(29)17-14-22-26(2)19(17)15-7-8-28-18(13-15)23-21(24-28)27-9-11-30-12-10-27;2-1-3/h7-8,13-14,16H,3-6,9-12H2,1-2H3;1H,(H2,2,3). The van der Waals surface area contributed by atoms with Crippen LogP contribution in [0.15, 0.2) is 24.5 Å². The van der Waals surface area contributed by atoms with E-state index in [1.807, 2.05) is 37.3 Å². The molecule has 176 valence electrons. The SMILES string of the molecule is CN(C(=O)c1cnn(C)c1-c1ccn2nc(N3CCOCC3)nc2c1)C1CCCC1.NC=O. The summed E-state index contributed by atoms with van der Waals surface area (Å²) >= 11 is 0. The monoisotopic (exact) mass is 454 g/mol. The molecule has 3 aromatic rings. The van der Waals surface area contributed by atoms with Crippen LogP contribution in [0.5, 0.6) is 0 Å². The van der Waals surface area contributed by atoms with Gasteiger partial charge >= 0.3 is 0 Å². The quantitative estimate of drug-likeness (QED) is 0.585. The van der Waals surface area contributed by atoms with Crippen molar-refractivity contribution in [2.75, 3.05) is 38.3 Å². The number of rotatable bonds is 4. The second kappa shape index (κ2) is 9.99. The molecule has 1 aliphatic heterocycles. The average Bonchev–Trinajstić information content (AvgIpc) is 3.58. The molecule has 0 unspecified atom stereocenters. The molecule has 2 amide bonds. The van der Waals surface area contributed by atoms with Crippen molar-refractivity contribution in [1.82, 2.24) is 29.3 Å². The Labute approximate surface area is 192 Å². The molecule has 0 spiro atoms. The molecule has 2 aliphatic rings. The van der Waals surface area contributed by atoms with E-state index in [0.717, 1.165) is 42.8 Å². The predicted molar refractivity (Wildman–Crippen MR) is 123 cm³/mol. The molecule has 5 rings (SSSR count). The van der Waals surface area contributed by atoms with E-state index in [2.05, 4.69) is 20.8 Å². The van der Waals surface area contributed by atoms with Crippen molar-refractivity contribution in [1.29, 1.82) is 0 Å². The molecule has 0 atom stereocenters. The van der Waals surface area contributed by atoms with Crippen LogP contribution in [0.4, 0.5) is 5.95 Å². The van der Waals surface area contributed by atoms with Gasteiger partial charge in [0, 0.05) is 45.0 Å². The number of aryl methyl sites for hydroxylation is 1. The third kappa shape index (κ3) is 4.68. The third-order valence-electron chi connectivity index (χ3n) is 6.26. The highest BCUT2D eigenvalue weighted by atomic mass is 16.5. The van der Waals surface area contributed by atoms with Gasteiger partial charge in [-0.2, -0.15) is 10.1 Å². The minimum absolute atomic E-state index is 0.0281. The van der Waals surface area contributed by atoms with Crippen molar-refractivity contribution >= 4 is 23.9 Å². The first-order chi connectivity index (χ1) is 16.0. The van der Waals surface area contributed by atoms with Gasteiger partial charge in [-0.1, -0.05) is 12.8 Å². The first-order valence-corrected chi connectivity index (χ1v) is 11.2. The molecule has 2 N–H and O–H groups in total. The lowest BCUT2D eigenvalue weighted by Crippen LogP contribution is -2.36. The van der Waals surface area contributed by atoms with Crippen LogP contribution in [-0.2, 0) is 16.6 Å². The van der Waals surface area contributed by atoms with E-state index >= 15 is 0 Å². The number of carbonyl (C=O) groups excluding carboxylic acids is 2. The van der Waals surface area contributed by atoms with Crippen molar-refractivity contribution < 1.29 is 14.3 Å². The minimum atomic E-state index is 0.0281. The zero-order chi connectivity index (χ0) is 23.4. The molecular weight excluding hydrogens is 424 g/mol. The Bertz CT molecular complexity index is 1110. The summed E-state index contributed by atoms with van der Waals surface area (Å²) in [5.74, 6) is 0.734. The van der Waals surface area contributed by atoms with Crippen LogP contribution in [0.25, 0.3) is 16.9 Å². The average molecular weight is 455 g/mol. The molecule has 11 heteroatoms. The topological polar surface area (TPSA) is 124 Å². The number of primary amides is 1. The number of amides is 2. The Hall–Kier alpha value is -3.47. The number of hydrogen-bond acceptors (Lipinski definition) is 7. The van der Waals surface area contributed by atoms with Crippen LogP contribution in [0, 0.1) is 0 Å². The Kier molecular flexibility index (Phi) is 6.87. The number of ether oxygens (including phenoxy) is 1. The lowest BCUT2D eigenvalue weighted by Gasteiger charge is -2.25. The summed E-state index contributed by atoms with van der Waals surface area (Å²) in [6.45, 7) is 2.96. The fourth-order valence-electron chi connectivity index (χ4n) is 4.50. The highest BCUT2D eigenvalue weighted by molar-refractivity contribution is 6.00. The molecular formula is C22H30N8O3. The summed E-state index contributed by atoms with van der Waals surface area (Å²) in [6.07, 6.45) is 8.36.